The van der Waals surface area contributed by atoms with E-state index in [1.54, 1.807) is 29.0 Å². The quantitative estimate of drug-likeness (QED) is 0.906. The smallest absolute Gasteiger partial charge is 0.231 e. The number of aryl methyl sites for hydroxylation is 1. The molecule has 0 unspecified atom stereocenters. The number of amides is 1. The summed E-state index contributed by atoms with van der Waals surface area (Å²) in [6, 6.07) is 3.73. The van der Waals surface area contributed by atoms with Crippen LogP contribution in [0.2, 0.25) is 0 Å². The fourth-order valence-electron chi connectivity index (χ4n) is 2.85. The Labute approximate surface area is 148 Å². The van der Waals surface area contributed by atoms with Gasteiger partial charge in [-0.15, -0.1) is 24.8 Å². The molecular weight excluding hydrogens is 337 g/mol. The fourth-order valence-corrected chi connectivity index (χ4v) is 2.85. The normalized spacial score (nSPS) is 19.6. The Kier molecular flexibility index (Phi) is 7.00. The number of nitrogens with one attached hydrogen (secondary N) is 1. The van der Waals surface area contributed by atoms with Crippen LogP contribution < -0.4 is 10.2 Å². The van der Waals surface area contributed by atoms with Crippen molar-refractivity contribution >= 4 is 36.4 Å². The van der Waals surface area contributed by atoms with Crippen LogP contribution in [0.25, 0.3) is 0 Å². The number of rotatable bonds is 3. The van der Waals surface area contributed by atoms with Crippen LogP contribution in [0.4, 0.5) is 5.69 Å². The van der Waals surface area contributed by atoms with Gasteiger partial charge in [0.2, 0.25) is 5.91 Å². The zero-order chi connectivity index (χ0) is 14.8. The van der Waals surface area contributed by atoms with Gasteiger partial charge in [-0.05, 0) is 17.7 Å². The van der Waals surface area contributed by atoms with Gasteiger partial charge in [0.1, 0.15) is 0 Å². The van der Waals surface area contributed by atoms with Crippen LogP contribution in [0.1, 0.15) is 11.5 Å². The van der Waals surface area contributed by atoms with Gasteiger partial charge in [-0.3, -0.25) is 14.5 Å². The van der Waals surface area contributed by atoms with E-state index in [1.807, 2.05) is 31.6 Å². The molecule has 1 aliphatic rings. The van der Waals surface area contributed by atoms with E-state index in [1.165, 1.54) is 0 Å². The van der Waals surface area contributed by atoms with Crippen LogP contribution in [0.15, 0.2) is 36.9 Å². The number of hydrogen-bond donors (Lipinski definition) is 1. The minimum absolute atomic E-state index is 0. The number of hydrogen-bond acceptors (Lipinski definition) is 4. The van der Waals surface area contributed by atoms with Crippen molar-refractivity contribution < 1.29 is 4.79 Å². The van der Waals surface area contributed by atoms with Gasteiger partial charge in [0.15, 0.2) is 0 Å². The van der Waals surface area contributed by atoms with Crippen molar-refractivity contribution in [2.24, 2.45) is 13.0 Å². The van der Waals surface area contributed by atoms with Crippen LogP contribution in [-0.2, 0) is 11.8 Å². The third-order valence-corrected chi connectivity index (χ3v) is 4.05. The molecule has 2 aromatic heterocycles. The molecule has 0 radical (unpaired) electrons. The number of pyridine rings is 1. The average molecular weight is 358 g/mol. The van der Waals surface area contributed by atoms with Crippen molar-refractivity contribution in [3.05, 3.63) is 42.5 Å². The van der Waals surface area contributed by atoms with E-state index >= 15 is 0 Å². The van der Waals surface area contributed by atoms with Crippen LogP contribution in [-0.4, -0.2) is 40.8 Å². The van der Waals surface area contributed by atoms with Crippen molar-refractivity contribution in [1.82, 2.24) is 20.1 Å². The second kappa shape index (κ2) is 8.29. The summed E-state index contributed by atoms with van der Waals surface area (Å²) in [4.78, 5) is 18.5. The van der Waals surface area contributed by atoms with Gasteiger partial charge in [-0.25, -0.2) is 0 Å². The Morgan fingerprint density at radius 1 is 1.35 bits per heavy atom. The van der Waals surface area contributed by atoms with E-state index in [-0.39, 0.29) is 42.6 Å². The van der Waals surface area contributed by atoms with Gasteiger partial charge in [0, 0.05) is 45.5 Å². The van der Waals surface area contributed by atoms with Crippen LogP contribution in [0.5, 0.6) is 0 Å². The molecule has 0 bridgehead atoms. The van der Waals surface area contributed by atoms with E-state index < -0.39 is 0 Å². The SMILES string of the molecule is CN(C(=O)[C@H]1CNC[C@@H]1c1cnn(C)c1)c1cccnc1.Cl.Cl. The number of nitrogens with zero attached hydrogens (tertiary/aromatic N) is 4. The average Bonchev–Trinajstić information content (AvgIpc) is 3.15. The Morgan fingerprint density at radius 2 is 2.13 bits per heavy atom. The van der Waals surface area contributed by atoms with Gasteiger partial charge in [0.05, 0.1) is 24.0 Å². The molecule has 1 N–H and O–H groups in total. The number of halogens is 2. The predicted molar refractivity (Wildman–Crippen MR) is 94.5 cm³/mol. The fraction of sp³-hybridized carbons (Fsp3) is 0.400. The molecule has 2 aromatic rings. The lowest BCUT2D eigenvalue weighted by molar-refractivity contribution is -0.121. The van der Waals surface area contributed by atoms with Crippen molar-refractivity contribution in [2.75, 3.05) is 25.0 Å². The van der Waals surface area contributed by atoms with Gasteiger partial charge in [-0.1, -0.05) is 0 Å². The second-order valence-electron chi connectivity index (χ2n) is 5.43. The molecular formula is C15H21Cl2N5O. The third kappa shape index (κ3) is 4.02. The Balaban J connectivity index is 0.00000132. The number of carbonyl (C=O) groups excluding carboxylic acids is 1. The first-order valence-electron chi connectivity index (χ1n) is 7.03. The topological polar surface area (TPSA) is 63.1 Å². The highest BCUT2D eigenvalue weighted by Gasteiger charge is 2.36. The molecule has 1 amide bonds. The monoisotopic (exact) mass is 357 g/mol. The lowest BCUT2D eigenvalue weighted by Crippen LogP contribution is -2.36. The molecule has 6 nitrogen and oxygen atoms in total. The predicted octanol–water partition coefficient (Wildman–Crippen LogP) is 1.62. The molecule has 126 valence electrons. The third-order valence-electron chi connectivity index (χ3n) is 4.05. The maximum absolute atomic E-state index is 12.8. The van der Waals surface area contributed by atoms with E-state index in [4.69, 9.17) is 0 Å². The lowest BCUT2D eigenvalue weighted by Gasteiger charge is -2.23. The highest BCUT2D eigenvalue weighted by Crippen LogP contribution is 2.30. The highest BCUT2D eigenvalue weighted by molar-refractivity contribution is 5.95. The molecule has 3 rings (SSSR count). The van der Waals surface area contributed by atoms with Crippen LogP contribution in [0, 0.1) is 5.92 Å². The molecule has 0 spiro atoms. The first-order valence-corrected chi connectivity index (χ1v) is 7.03. The number of carbonyl (C=O) groups is 1. The van der Waals surface area contributed by atoms with Gasteiger partial charge < -0.3 is 10.2 Å². The summed E-state index contributed by atoms with van der Waals surface area (Å²) in [6.07, 6.45) is 7.25. The molecule has 23 heavy (non-hydrogen) atoms. The Morgan fingerprint density at radius 3 is 2.74 bits per heavy atom. The summed E-state index contributed by atoms with van der Waals surface area (Å²) in [7, 11) is 3.70. The minimum atomic E-state index is -0.0700. The summed E-state index contributed by atoms with van der Waals surface area (Å²) in [5.41, 5.74) is 1.93. The Bertz CT molecular complexity index is 634. The summed E-state index contributed by atoms with van der Waals surface area (Å²) in [6.45, 7) is 1.51. The minimum Gasteiger partial charge on any atom is -0.315 e. The van der Waals surface area contributed by atoms with E-state index in [0.717, 1.165) is 17.8 Å². The number of anilines is 1. The Hall–Kier alpha value is -1.63. The zero-order valence-corrected chi connectivity index (χ0v) is 14.7. The van der Waals surface area contributed by atoms with Crippen molar-refractivity contribution in [3.63, 3.8) is 0 Å². The molecule has 0 saturated carbocycles. The van der Waals surface area contributed by atoms with E-state index in [2.05, 4.69) is 15.4 Å². The first-order chi connectivity index (χ1) is 10.2. The van der Waals surface area contributed by atoms with Crippen molar-refractivity contribution in [2.45, 2.75) is 5.92 Å². The van der Waals surface area contributed by atoms with Crippen LogP contribution >= 0.6 is 24.8 Å². The van der Waals surface area contributed by atoms with Crippen molar-refractivity contribution in [1.29, 1.82) is 0 Å². The second-order valence-corrected chi connectivity index (χ2v) is 5.43. The van der Waals surface area contributed by atoms with E-state index in [9.17, 15) is 4.79 Å². The molecule has 1 aliphatic heterocycles. The summed E-state index contributed by atoms with van der Waals surface area (Å²) in [5, 5.41) is 7.53. The standard InChI is InChI=1S/C15H19N5O.2ClH/c1-19-10-11(6-18-19)13-8-17-9-14(13)15(21)20(2)12-4-3-5-16-7-12;;/h3-7,10,13-14,17H,8-9H2,1-2H3;2*1H/t13-,14+;;/m1../s1. The molecule has 3 heterocycles. The molecule has 0 aromatic carbocycles. The van der Waals surface area contributed by atoms with Crippen LogP contribution in [0.3, 0.4) is 0 Å². The van der Waals surface area contributed by atoms with Gasteiger partial charge in [0.25, 0.3) is 0 Å². The van der Waals surface area contributed by atoms with Crippen molar-refractivity contribution in [3.8, 4) is 0 Å². The molecule has 1 saturated heterocycles. The first kappa shape index (κ1) is 19.4. The zero-order valence-electron chi connectivity index (χ0n) is 13.0. The van der Waals surface area contributed by atoms with Gasteiger partial charge in [-0.2, -0.15) is 5.10 Å². The molecule has 8 heteroatoms. The maximum atomic E-state index is 12.8. The van der Waals surface area contributed by atoms with Gasteiger partial charge >= 0.3 is 0 Å². The summed E-state index contributed by atoms with van der Waals surface area (Å²) < 4.78 is 1.78. The largest absolute Gasteiger partial charge is 0.315 e. The summed E-state index contributed by atoms with van der Waals surface area (Å²) in [5.74, 6) is 0.214. The molecule has 1 fully saturated rings. The highest BCUT2D eigenvalue weighted by atomic mass is 35.5. The summed E-state index contributed by atoms with van der Waals surface area (Å²) >= 11 is 0. The maximum Gasteiger partial charge on any atom is 0.231 e. The molecule has 2 atom stereocenters. The van der Waals surface area contributed by atoms with E-state index in [0.29, 0.717) is 6.54 Å². The molecule has 0 aliphatic carbocycles. The number of aromatic nitrogens is 3. The lowest BCUT2D eigenvalue weighted by atomic mass is 9.90.